The zero-order chi connectivity index (χ0) is 29.7. The van der Waals surface area contributed by atoms with E-state index in [0.29, 0.717) is 16.8 Å². The summed E-state index contributed by atoms with van der Waals surface area (Å²) in [6.07, 6.45) is 7.81. The number of hydrogen-bond acceptors (Lipinski definition) is 8. The summed E-state index contributed by atoms with van der Waals surface area (Å²) in [5.74, 6) is 0.635. The smallest absolute Gasteiger partial charge is 0.417 e. The van der Waals surface area contributed by atoms with Gasteiger partial charge in [0, 0.05) is 30.9 Å². The fourth-order valence-electron chi connectivity index (χ4n) is 4.70. The first-order valence-corrected chi connectivity index (χ1v) is 14.0. The van der Waals surface area contributed by atoms with Gasteiger partial charge in [0.2, 0.25) is 11.8 Å². The number of ether oxygens (including phenoxy) is 2. The summed E-state index contributed by atoms with van der Waals surface area (Å²) >= 11 is 0. The van der Waals surface area contributed by atoms with Gasteiger partial charge in [0.25, 0.3) is 5.65 Å². The predicted molar refractivity (Wildman–Crippen MR) is 160 cm³/mol. The van der Waals surface area contributed by atoms with Crippen LogP contribution in [0.15, 0.2) is 73.6 Å². The fraction of sp³-hybridized carbons (Fsp3) is 0.312. The van der Waals surface area contributed by atoms with Crippen LogP contribution in [0.5, 0.6) is 5.88 Å². The SMILES string of the molecule is C=CCN(C(=O)OC(C)(C)C)c1nc(OCc2ccccc2)c2cc(C=O)c(-[n+]3ccc(N4CCCC4)cc3)nc2n1.[Cl-]. The van der Waals surface area contributed by atoms with Crippen molar-refractivity contribution in [2.75, 3.05) is 29.4 Å². The normalized spacial score (nSPS) is 12.9. The van der Waals surface area contributed by atoms with Gasteiger partial charge in [-0.1, -0.05) is 36.4 Å². The Balaban J connectivity index is 0.00000423. The van der Waals surface area contributed by atoms with E-state index >= 15 is 0 Å². The number of fused-ring (bicyclic) bond motifs is 1. The second-order valence-corrected chi connectivity index (χ2v) is 11.0. The van der Waals surface area contributed by atoms with Crippen molar-refractivity contribution < 1.29 is 36.0 Å². The third-order valence-electron chi connectivity index (χ3n) is 6.69. The van der Waals surface area contributed by atoms with Crippen LogP contribution in [-0.4, -0.2) is 52.6 Å². The Labute approximate surface area is 257 Å². The number of aromatic nitrogens is 4. The maximum absolute atomic E-state index is 13.2. The maximum atomic E-state index is 13.2. The lowest BCUT2D eigenvalue weighted by Crippen LogP contribution is -3.00. The third-order valence-corrected chi connectivity index (χ3v) is 6.69. The largest absolute Gasteiger partial charge is 1.00 e. The number of halogens is 1. The zero-order valence-corrected chi connectivity index (χ0v) is 25.3. The fourth-order valence-corrected chi connectivity index (χ4v) is 4.70. The molecule has 0 atom stereocenters. The highest BCUT2D eigenvalue weighted by atomic mass is 35.5. The monoisotopic (exact) mass is 602 g/mol. The lowest BCUT2D eigenvalue weighted by Gasteiger charge is -2.25. The molecule has 43 heavy (non-hydrogen) atoms. The van der Waals surface area contributed by atoms with Gasteiger partial charge < -0.3 is 26.8 Å². The molecule has 10 nitrogen and oxygen atoms in total. The molecule has 4 aromatic rings. The van der Waals surface area contributed by atoms with Crippen molar-refractivity contribution in [2.45, 2.75) is 45.8 Å². The van der Waals surface area contributed by atoms with Crippen molar-refractivity contribution in [2.24, 2.45) is 0 Å². The van der Waals surface area contributed by atoms with Gasteiger partial charge in [-0.25, -0.2) is 14.3 Å². The number of carbonyl (C=O) groups is 2. The molecule has 0 unspecified atom stereocenters. The zero-order valence-electron chi connectivity index (χ0n) is 24.6. The van der Waals surface area contributed by atoms with Gasteiger partial charge in [-0.2, -0.15) is 9.97 Å². The summed E-state index contributed by atoms with van der Waals surface area (Å²) in [7, 11) is 0. The number of anilines is 2. The van der Waals surface area contributed by atoms with Gasteiger partial charge in [-0.15, -0.1) is 6.58 Å². The van der Waals surface area contributed by atoms with Crippen LogP contribution in [0.25, 0.3) is 16.9 Å². The van der Waals surface area contributed by atoms with E-state index in [1.165, 1.54) is 17.7 Å². The minimum absolute atomic E-state index is 0. The summed E-state index contributed by atoms with van der Waals surface area (Å²) in [6, 6.07) is 15.3. The second kappa shape index (κ2) is 13.6. The maximum Gasteiger partial charge on any atom is 0.417 e. The average molecular weight is 603 g/mol. The Morgan fingerprint density at radius 2 is 1.77 bits per heavy atom. The number of rotatable bonds is 9. The molecule has 0 aliphatic carbocycles. The highest BCUT2D eigenvalue weighted by Gasteiger charge is 2.28. The van der Waals surface area contributed by atoms with E-state index < -0.39 is 11.7 Å². The van der Waals surface area contributed by atoms with Gasteiger partial charge >= 0.3 is 11.9 Å². The molecular formula is C32H35ClN6O4. The van der Waals surface area contributed by atoms with Crippen LogP contribution >= 0.6 is 0 Å². The van der Waals surface area contributed by atoms with E-state index in [4.69, 9.17) is 14.5 Å². The van der Waals surface area contributed by atoms with Crippen LogP contribution in [-0.2, 0) is 11.3 Å². The van der Waals surface area contributed by atoms with Crippen LogP contribution in [0, 0.1) is 0 Å². The molecule has 1 aliphatic rings. The number of amides is 1. The van der Waals surface area contributed by atoms with Crippen molar-refractivity contribution in [3.05, 3.63) is 84.7 Å². The summed E-state index contributed by atoms with van der Waals surface area (Å²) in [5, 5.41) is 0.442. The third kappa shape index (κ3) is 7.45. The minimum Gasteiger partial charge on any atom is -1.00 e. The molecule has 3 aromatic heterocycles. The quantitative estimate of drug-likeness (QED) is 0.163. The Bertz CT molecular complexity index is 1590. The van der Waals surface area contributed by atoms with Crippen molar-refractivity contribution in [3.63, 3.8) is 0 Å². The summed E-state index contributed by atoms with van der Waals surface area (Å²) in [5.41, 5.74) is 1.92. The number of carbonyl (C=O) groups excluding carboxylic acids is 2. The molecule has 0 spiro atoms. The van der Waals surface area contributed by atoms with Gasteiger partial charge in [0.1, 0.15) is 23.2 Å². The molecule has 0 bridgehead atoms. The summed E-state index contributed by atoms with van der Waals surface area (Å²) in [6.45, 7) is 11.5. The van der Waals surface area contributed by atoms with Gasteiger partial charge in [0.05, 0.1) is 18.9 Å². The molecule has 0 radical (unpaired) electrons. The Morgan fingerprint density at radius 3 is 2.40 bits per heavy atom. The number of nitrogens with zero attached hydrogens (tertiary/aromatic N) is 6. The first-order valence-electron chi connectivity index (χ1n) is 14.0. The van der Waals surface area contributed by atoms with E-state index in [1.807, 2.05) is 54.9 Å². The van der Waals surface area contributed by atoms with Gasteiger partial charge in [-0.3, -0.25) is 4.79 Å². The minimum atomic E-state index is -0.734. The highest BCUT2D eigenvalue weighted by Crippen LogP contribution is 2.28. The van der Waals surface area contributed by atoms with Crippen molar-refractivity contribution in [1.82, 2.24) is 15.0 Å². The Hall–Kier alpha value is -4.57. The Morgan fingerprint density at radius 1 is 1.07 bits per heavy atom. The van der Waals surface area contributed by atoms with Crippen LogP contribution in [0.3, 0.4) is 0 Å². The lowest BCUT2D eigenvalue weighted by atomic mass is 10.2. The van der Waals surface area contributed by atoms with E-state index in [1.54, 1.807) is 37.5 Å². The number of benzene rings is 1. The molecule has 0 saturated carbocycles. The first-order chi connectivity index (χ1) is 20.3. The molecule has 224 valence electrons. The molecule has 1 aliphatic heterocycles. The summed E-state index contributed by atoms with van der Waals surface area (Å²) in [4.78, 5) is 43.1. The summed E-state index contributed by atoms with van der Waals surface area (Å²) < 4.78 is 13.5. The van der Waals surface area contributed by atoms with Crippen LogP contribution in [0.4, 0.5) is 16.4 Å². The van der Waals surface area contributed by atoms with Gasteiger partial charge in [0.15, 0.2) is 6.29 Å². The van der Waals surface area contributed by atoms with Crippen molar-refractivity contribution in [1.29, 1.82) is 0 Å². The van der Waals surface area contributed by atoms with Gasteiger partial charge in [-0.05, 0) is 50.2 Å². The molecule has 5 rings (SSSR count). The number of pyridine rings is 2. The topological polar surface area (TPSA) is 102 Å². The Kier molecular flexibility index (Phi) is 9.92. The molecule has 1 aromatic carbocycles. The molecule has 1 amide bonds. The molecule has 11 heteroatoms. The predicted octanol–water partition coefficient (Wildman–Crippen LogP) is 2.22. The second-order valence-electron chi connectivity index (χ2n) is 11.0. The molecule has 0 N–H and O–H groups in total. The lowest BCUT2D eigenvalue weighted by molar-refractivity contribution is -0.599. The standard InChI is InChI=1S/C32H35N6O4.ClH/c1-5-15-38(31(40)42-32(2,3)4)30-34-27-26(29(35-30)41-22-23-11-7-6-8-12-23)20-24(21-39)28(33-27)37-18-13-25(14-19-37)36-16-9-10-17-36;/h5-8,11-14,18-21H,1,9-10,15-17,22H2,2-4H3;1H/q+1;/p-1. The van der Waals surface area contributed by atoms with Crippen molar-refractivity contribution >= 4 is 35.0 Å². The molecular weight excluding hydrogens is 568 g/mol. The average Bonchev–Trinajstić information content (AvgIpc) is 3.53. The van der Waals surface area contributed by atoms with E-state index in [-0.39, 0.29) is 43.0 Å². The first kappa shape index (κ1) is 31.4. The van der Waals surface area contributed by atoms with E-state index in [9.17, 15) is 9.59 Å². The molecule has 1 saturated heterocycles. The molecule has 1 fully saturated rings. The van der Waals surface area contributed by atoms with Crippen molar-refractivity contribution in [3.8, 4) is 11.7 Å². The highest BCUT2D eigenvalue weighted by molar-refractivity contribution is 5.92. The number of aldehydes is 1. The van der Waals surface area contributed by atoms with Crippen LogP contribution in [0.1, 0.15) is 49.5 Å². The number of hydrogen-bond donors (Lipinski definition) is 0. The van der Waals surface area contributed by atoms with E-state index in [2.05, 4.69) is 21.4 Å². The van der Waals surface area contributed by atoms with Crippen LogP contribution < -0.4 is 31.5 Å². The molecule has 4 heterocycles. The van der Waals surface area contributed by atoms with Crippen LogP contribution in [0.2, 0.25) is 0 Å². The van der Waals surface area contributed by atoms with E-state index in [0.717, 1.165) is 30.6 Å².